The number of anilines is 2. The summed E-state index contributed by atoms with van der Waals surface area (Å²) in [5.74, 6) is 0.794. The van der Waals surface area contributed by atoms with Crippen LogP contribution < -0.4 is 20.5 Å². The summed E-state index contributed by atoms with van der Waals surface area (Å²) in [6.45, 7) is 0.730. The number of aliphatic carboxylic acids is 1. The number of carboxylic acids is 1. The number of carbonyl (C=O) groups is 1. The van der Waals surface area contributed by atoms with Crippen LogP contribution in [0.15, 0.2) is 42.6 Å². The summed E-state index contributed by atoms with van der Waals surface area (Å²) >= 11 is 0. The number of nitrogens with one attached hydrogen (secondary N) is 1. The first-order valence-corrected chi connectivity index (χ1v) is 8.16. The molecule has 0 saturated carbocycles. The number of nitrogens with two attached hydrogens (primary N) is 1. The van der Waals surface area contributed by atoms with Crippen molar-refractivity contribution in [1.82, 2.24) is 4.98 Å². The Balaban J connectivity index is 1.92. The van der Waals surface area contributed by atoms with E-state index in [2.05, 4.69) is 10.3 Å². The summed E-state index contributed by atoms with van der Waals surface area (Å²) in [6, 6.07) is 11.3. The lowest BCUT2D eigenvalue weighted by molar-refractivity contribution is -0.134. The Kier molecular flexibility index (Phi) is 3.96. The minimum Gasteiger partial charge on any atom is -0.486 e. The lowest BCUT2D eigenvalue weighted by Gasteiger charge is -2.20. The van der Waals surface area contributed by atoms with Gasteiger partial charge in [-0.3, -0.25) is 4.79 Å². The first-order chi connectivity index (χ1) is 12.6. The van der Waals surface area contributed by atoms with E-state index in [0.29, 0.717) is 36.2 Å². The zero-order valence-corrected chi connectivity index (χ0v) is 13.9. The standard InChI is InChI=1S/C19H17N3O4/c20-12-3-1-2-11(6-12)15-9-21-19(22-10-18(23)24)14-8-17-16(7-13(14)15)25-4-5-26-17/h1-3,6-9H,4-5,10,20H2,(H,21,22)(H,23,24). The van der Waals surface area contributed by atoms with Gasteiger partial charge in [0.05, 0.1) is 0 Å². The highest BCUT2D eigenvalue weighted by Crippen LogP contribution is 2.40. The Morgan fingerprint density at radius 3 is 2.58 bits per heavy atom. The van der Waals surface area contributed by atoms with Crippen LogP contribution in [0.4, 0.5) is 11.5 Å². The van der Waals surface area contributed by atoms with Gasteiger partial charge in [-0.1, -0.05) is 12.1 Å². The Bertz CT molecular complexity index is 1000. The van der Waals surface area contributed by atoms with Gasteiger partial charge in [0.15, 0.2) is 11.5 Å². The van der Waals surface area contributed by atoms with Gasteiger partial charge in [0.2, 0.25) is 0 Å². The highest BCUT2D eigenvalue weighted by atomic mass is 16.6. The maximum atomic E-state index is 10.9. The van der Waals surface area contributed by atoms with E-state index in [-0.39, 0.29) is 6.54 Å². The van der Waals surface area contributed by atoms with Crippen LogP contribution >= 0.6 is 0 Å². The van der Waals surface area contributed by atoms with Gasteiger partial charge in [0, 0.05) is 22.8 Å². The summed E-state index contributed by atoms with van der Waals surface area (Å²) in [6.07, 6.45) is 1.71. The molecule has 0 saturated heterocycles. The van der Waals surface area contributed by atoms with Crippen LogP contribution in [-0.4, -0.2) is 35.8 Å². The molecule has 132 valence electrons. The van der Waals surface area contributed by atoms with E-state index in [0.717, 1.165) is 21.9 Å². The molecule has 3 aromatic rings. The highest BCUT2D eigenvalue weighted by molar-refractivity contribution is 6.04. The molecule has 1 aliphatic heterocycles. The fraction of sp³-hybridized carbons (Fsp3) is 0.158. The number of fused-ring (bicyclic) bond motifs is 2. The van der Waals surface area contributed by atoms with Gasteiger partial charge in [0.1, 0.15) is 25.6 Å². The van der Waals surface area contributed by atoms with Crippen molar-refractivity contribution in [3.8, 4) is 22.6 Å². The average Bonchev–Trinajstić information content (AvgIpc) is 2.64. The predicted molar refractivity (Wildman–Crippen MR) is 98.7 cm³/mol. The van der Waals surface area contributed by atoms with Gasteiger partial charge in [-0.2, -0.15) is 0 Å². The summed E-state index contributed by atoms with van der Waals surface area (Å²) in [7, 11) is 0. The molecule has 4 N–H and O–H groups in total. The molecule has 4 rings (SSSR count). The van der Waals surface area contributed by atoms with Crippen molar-refractivity contribution in [3.63, 3.8) is 0 Å². The van der Waals surface area contributed by atoms with Gasteiger partial charge < -0.3 is 25.6 Å². The number of ether oxygens (including phenoxy) is 2. The van der Waals surface area contributed by atoms with Crippen molar-refractivity contribution >= 4 is 28.2 Å². The fourth-order valence-electron chi connectivity index (χ4n) is 3.01. The molecule has 0 unspecified atom stereocenters. The number of aromatic nitrogens is 1. The number of pyridine rings is 1. The van der Waals surface area contributed by atoms with Crippen LogP contribution in [0.1, 0.15) is 0 Å². The number of nitrogens with zero attached hydrogens (tertiary/aromatic N) is 1. The van der Waals surface area contributed by atoms with E-state index in [1.54, 1.807) is 6.20 Å². The molecule has 0 fully saturated rings. The maximum Gasteiger partial charge on any atom is 0.322 e. The number of rotatable bonds is 4. The van der Waals surface area contributed by atoms with Gasteiger partial charge in [-0.05, 0) is 35.2 Å². The molecule has 0 radical (unpaired) electrons. The van der Waals surface area contributed by atoms with Gasteiger partial charge in [0.25, 0.3) is 0 Å². The van der Waals surface area contributed by atoms with E-state index >= 15 is 0 Å². The van der Waals surface area contributed by atoms with E-state index < -0.39 is 5.97 Å². The molecule has 0 bridgehead atoms. The molecule has 0 spiro atoms. The molecular formula is C19H17N3O4. The Morgan fingerprint density at radius 2 is 1.88 bits per heavy atom. The topological polar surface area (TPSA) is 107 Å². The molecule has 26 heavy (non-hydrogen) atoms. The fourth-order valence-corrected chi connectivity index (χ4v) is 3.01. The first kappa shape index (κ1) is 16.0. The van der Waals surface area contributed by atoms with E-state index in [4.69, 9.17) is 20.3 Å². The van der Waals surface area contributed by atoms with Gasteiger partial charge >= 0.3 is 5.97 Å². The van der Waals surface area contributed by atoms with Crippen LogP contribution in [0.2, 0.25) is 0 Å². The second kappa shape index (κ2) is 6.44. The summed E-state index contributed by atoms with van der Waals surface area (Å²) in [4.78, 5) is 15.3. The first-order valence-electron chi connectivity index (χ1n) is 8.16. The lowest BCUT2D eigenvalue weighted by atomic mass is 9.99. The van der Waals surface area contributed by atoms with Crippen molar-refractivity contribution in [2.24, 2.45) is 0 Å². The average molecular weight is 351 g/mol. The molecule has 1 aliphatic rings. The highest BCUT2D eigenvalue weighted by Gasteiger charge is 2.18. The number of hydrogen-bond acceptors (Lipinski definition) is 6. The molecule has 7 nitrogen and oxygen atoms in total. The molecule has 0 atom stereocenters. The summed E-state index contributed by atoms with van der Waals surface area (Å²) in [5, 5.41) is 13.4. The smallest absolute Gasteiger partial charge is 0.322 e. The molecule has 0 aliphatic carbocycles. The maximum absolute atomic E-state index is 10.9. The molecule has 2 heterocycles. The van der Waals surface area contributed by atoms with Crippen molar-refractivity contribution in [2.45, 2.75) is 0 Å². The minimum atomic E-state index is -0.961. The van der Waals surface area contributed by atoms with Crippen molar-refractivity contribution in [3.05, 3.63) is 42.6 Å². The second-order valence-electron chi connectivity index (χ2n) is 5.93. The number of benzene rings is 2. The number of nitrogen functional groups attached to an aromatic ring is 1. The second-order valence-corrected chi connectivity index (χ2v) is 5.93. The molecule has 0 amide bonds. The normalized spacial score (nSPS) is 12.8. The molecular weight excluding hydrogens is 334 g/mol. The predicted octanol–water partition coefficient (Wildman–Crippen LogP) is 2.75. The third kappa shape index (κ3) is 2.95. The van der Waals surface area contributed by atoms with E-state index in [1.807, 2.05) is 36.4 Å². The number of hydrogen-bond donors (Lipinski definition) is 3. The summed E-state index contributed by atoms with van der Waals surface area (Å²) in [5.41, 5.74) is 8.37. The van der Waals surface area contributed by atoms with Gasteiger partial charge in [-0.15, -0.1) is 0 Å². The van der Waals surface area contributed by atoms with Gasteiger partial charge in [-0.25, -0.2) is 4.98 Å². The third-order valence-electron chi connectivity index (χ3n) is 4.16. The van der Waals surface area contributed by atoms with Crippen molar-refractivity contribution < 1.29 is 19.4 Å². The molecule has 1 aromatic heterocycles. The van der Waals surface area contributed by atoms with E-state index in [1.165, 1.54) is 0 Å². The Labute approximate surface area is 149 Å². The monoisotopic (exact) mass is 351 g/mol. The molecule has 7 heteroatoms. The zero-order chi connectivity index (χ0) is 18.1. The Morgan fingerprint density at radius 1 is 1.15 bits per heavy atom. The third-order valence-corrected chi connectivity index (χ3v) is 4.16. The van der Waals surface area contributed by atoms with Crippen molar-refractivity contribution in [2.75, 3.05) is 30.8 Å². The lowest BCUT2D eigenvalue weighted by Crippen LogP contribution is -2.16. The quantitative estimate of drug-likeness (QED) is 0.620. The number of carboxylic acid groups (broad SMARTS) is 1. The molecule has 2 aromatic carbocycles. The zero-order valence-electron chi connectivity index (χ0n) is 13.9. The van der Waals surface area contributed by atoms with Crippen LogP contribution in [-0.2, 0) is 4.79 Å². The van der Waals surface area contributed by atoms with Crippen LogP contribution in [0.3, 0.4) is 0 Å². The SMILES string of the molecule is Nc1cccc(-c2cnc(NCC(=O)O)c3cc4c(cc23)OCCO4)c1. The van der Waals surface area contributed by atoms with Crippen molar-refractivity contribution in [1.29, 1.82) is 0 Å². The van der Waals surface area contributed by atoms with Crippen LogP contribution in [0.5, 0.6) is 11.5 Å². The largest absolute Gasteiger partial charge is 0.486 e. The minimum absolute atomic E-state index is 0.228. The van der Waals surface area contributed by atoms with Crippen LogP contribution in [0, 0.1) is 0 Å². The summed E-state index contributed by atoms with van der Waals surface area (Å²) < 4.78 is 11.4. The van der Waals surface area contributed by atoms with E-state index in [9.17, 15) is 4.79 Å². The van der Waals surface area contributed by atoms with Crippen LogP contribution in [0.25, 0.3) is 21.9 Å². The Hall–Kier alpha value is -3.48.